The Bertz CT molecular complexity index is 1270. The van der Waals surface area contributed by atoms with E-state index in [1.807, 2.05) is 48.4 Å². The topological polar surface area (TPSA) is 109 Å². The standard InChI is InChI=1S/C28H35N7O3/c1-18-14-19(15-20-8-11-29-32-25(18)20)16-24(26(36)33(2)3)31-27(37)34-12-9-22(10-13-34)35-17-21-6-4-5-7-23(21)30-28(35)38/h4-7,11,14-15,22,24,32H,8-10,12-13,16-17H2,1-3H3,(H,30,38)(H,31,37). The van der Waals surface area contributed by atoms with Gasteiger partial charge in [0.05, 0.1) is 5.69 Å². The lowest BCUT2D eigenvalue weighted by Gasteiger charge is -2.40. The molecule has 3 aliphatic rings. The Morgan fingerprint density at radius 1 is 1.16 bits per heavy atom. The molecule has 0 radical (unpaired) electrons. The van der Waals surface area contributed by atoms with E-state index in [9.17, 15) is 14.4 Å². The van der Waals surface area contributed by atoms with Crippen molar-refractivity contribution in [3.05, 3.63) is 58.7 Å². The molecule has 1 atom stereocenters. The van der Waals surface area contributed by atoms with Crippen molar-refractivity contribution < 1.29 is 14.4 Å². The van der Waals surface area contributed by atoms with Crippen molar-refractivity contribution in [2.75, 3.05) is 37.9 Å². The summed E-state index contributed by atoms with van der Waals surface area (Å²) in [5, 5.41) is 10.1. The van der Waals surface area contributed by atoms with Gasteiger partial charge in [0, 0.05) is 64.5 Å². The van der Waals surface area contributed by atoms with Crippen molar-refractivity contribution in [2.24, 2.45) is 5.10 Å². The number of likely N-dealkylation sites (N-methyl/N-ethyl adjacent to an activating group) is 1. The first-order chi connectivity index (χ1) is 18.3. The Morgan fingerprint density at radius 3 is 2.68 bits per heavy atom. The van der Waals surface area contributed by atoms with E-state index in [2.05, 4.69) is 27.2 Å². The molecule has 3 N–H and O–H groups in total. The largest absolute Gasteiger partial charge is 0.347 e. The van der Waals surface area contributed by atoms with Gasteiger partial charge < -0.3 is 25.3 Å². The van der Waals surface area contributed by atoms with Gasteiger partial charge in [-0.1, -0.05) is 30.3 Å². The number of fused-ring (bicyclic) bond motifs is 2. The van der Waals surface area contributed by atoms with Crippen molar-refractivity contribution in [3.8, 4) is 0 Å². The SMILES string of the molecule is Cc1cc(CC(NC(=O)N2CCC(N3Cc4ccccc4NC3=O)CC2)C(=O)N(C)C)cc2c1NN=CC2. The highest BCUT2D eigenvalue weighted by molar-refractivity contribution is 5.92. The molecular weight excluding hydrogens is 482 g/mol. The Labute approximate surface area is 223 Å². The van der Waals surface area contributed by atoms with E-state index in [-0.39, 0.29) is 24.0 Å². The molecule has 1 fully saturated rings. The number of rotatable bonds is 5. The van der Waals surface area contributed by atoms with Crippen LogP contribution in [0, 0.1) is 6.92 Å². The number of urea groups is 2. The predicted molar refractivity (Wildman–Crippen MR) is 147 cm³/mol. The van der Waals surface area contributed by atoms with E-state index in [4.69, 9.17) is 0 Å². The fraction of sp³-hybridized carbons (Fsp3) is 0.429. The number of amides is 5. The maximum Gasteiger partial charge on any atom is 0.322 e. The number of anilines is 2. The zero-order valence-corrected chi connectivity index (χ0v) is 22.2. The number of hydrogen-bond donors (Lipinski definition) is 3. The Hall–Kier alpha value is -4.08. The van der Waals surface area contributed by atoms with E-state index in [1.54, 1.807) is 19.0 Å². The summed E-state index contributed by atoms with van der Waals surface area (Å²) in [5.41, 5.74) is 9.19. The molecule has 38 heavy (non-hydrogen) atoms. The first-order valence-corrected chi connectivity index (χ1v) is 13.1. The Balaban J connectivity index is 1.22. The number of carbonyl (C=O) groups excluding carboxylic acids is 3. The van der Waals surface area contributed by atoms with Gasteiger partial charge in [0.2, 0.25) is 5.91 Å². The predicted octanol–water partition coefficient (Wildman–Crippen LogP) is 3.17. The normalized spacial score (nSPS) is 17.6. The second-order valence-corrected chi connectivity index (χ2v) is 10.4. The molecule has 5 rings (SSSR count). The summed E-state index contributed by atoms with van der Waals surface area (Å²) in [7, 11) is 3.40. The van der Waals surface area contributed by atoms with Crippen LogP contribution in [0.5, 0.6) is 0 Å². The molecule has 10 nitrogen and oxygen atoms in total. The van der Waals surface area contributed by atoms with Crippen molar-refractivity contribution in [1.29, 1.82) is 0 Å². The second kappa shape index (κ2) is 10.7. The lowest BCUT2D eigenvalue weighted by Crippen LogP contribution is -2.55. The molecule has 5 amide bonds. The van der Waals surface area contributed by atoms with Gasteiger partial charge in [-0.05, 0) is 48.1 Å². The van der Waals surface area contributed by atoms with Crippen molar-refractivity contribution >= 4 is 35.6 Å². The van der Waals surface area contributed by atoms with E-state index in [0.29, 0.717) is 38.9 Å². The number of hydrazone groups is 1. The summed E-state index contributed by atoms with van der Waals surface area (Å²) >= 11 is 0. The number of carbonyl (C=O) groups is 3. The number of piperidine rings is 1. The number of benzene rings is 2. The van der Waals surface area contributed by atoms with Crippen molar-refractivity contribution in [1.82, 2.24) is 20.0 Å². The van der Waals surface area contributed by atoms with Crippen LogP contribution in [0.4, 0.5) is 21.0 Å². The van der Waals surface area contributed by atoms with E-state index in [1.165, 1.54) is 4.90 Å². The van der Waals surface area contributed by atoms with Gasteiger partial charge in [-0.3, -0.25) is 10.2 Å². The van der Waals surface area contributed by atoms with Crippen LogP contribution in [-0.4, -0.2) is 78.2 Å². The highest BCUT2D eigenvalue weighted by Crippen LogP contribution is 2.28. The van der Waals surface area contributed by atoms with Crippen LogP contribution in [0.25, 0.3) is 0 Å². The number of nitrogens with zero attached hydrogens (tertiary/aromatic N) is 4. The number of para-hydroxylation sites is 1. The van der Waals surface area contributed by atoms with Gasteiger partial charge in [-0.2, -0.15) is 5.10 Å². The summed E-state index contributed by atoms with van der Waals surface area (Å²) in [4.78, 5) is 44.2. The fourth-order valence-corrected chi connectivity index (χ4v) is 5.52. The quantitative estimate of drug-likeness (QED) is 0.566. The second-order valence-electron chi connectivity index (χ2n) is 10.4. The van der Waals surface area contributed by atoms with E-state index < -0.39 is 6.04 Å². The molecule has 10 heteroatoms. The fourth-order valence-electron chi connectivity index (χ4n) is 5.52. The van der Waals surface area contributed by atoms with Crippen LogP contribution in [-0.2, 0) is 24.2 Å². The minimum Gasteiger partial charge on any atom is -0.347 e. The highest BCUT2D eigenvalue weighted by atomic mass is 16.2. The molecule has 0 saturated carbocycles. The zero-order valence-electron chi connectivity index (χ0n) is 22.2. The minimum atomic E-state index is -0.678. The Kier molecular flexibility index (Phi) is 7.22. The summed E-state index contributed by atoms with van der Waals surface area (Å²) in [6.45, 7) is 3.63. The number of hydrogen-bond acceptors (Lipinski definition) is 5. The summed E-state index contributed by atoms with van der Waals surface area (Å²) < 4.78 is 0. The van der Waals surface area contributed by atoms with Crippen LogP contribution in [0.1, 0.15) is 35.1 Å². The van der Waals surface area contributed by atoms with Gasteiger partial charge >= 0.3 is 12.1 Å². The first kappa shape index (κ1) is 25.6. The zero-order chi connectivity index (χ0) is 26.8. The molecule has 0 aromatic heterocycles. The lowest BCUT2D eigenvalue weighted by atomic mass is 9.96. The average molecular weight is 518 g/mol. The molecular formula is C28H35N7O3. The van der Waals surface area contributed by atoms with Crippen molar-refractivity contribution in [3.63, 3.8) is 0 Å². The molecule has 0 bridgehead atoms. The van der Waals surface area contributed by atoms with Crippen molar-refractivity contribution in [2.45, 2.75) is 51.2 Å². The number of aryl methyl sites for hydroxylation is 1. The van der Waals surface area contributed by atoms with Gasteiger partial charge in [0.25, 0.3) is 0 Å². The maximum atomic E-state index is 13.3. The third kappa shape index (κ3) is 5.29. The molecule has 2 aromatic carbocycles. The van der Waals surface area contributed by atoms with Gasteiger partial charge in [0.15, 0.2) is 0 Å². The molecule has 1 saturated heterocycles. The van der Waals surface area contributed by atoms with Crippen LogP contribution >= 0.6 is 0 Å². The molecule has 200 valence electrons. The Morgan fingerprint density at radius 2 is 1.92 bits per heavy atom. The number of likely N-dealkylation sites (tertiary alicyclic amines) is 1. The van der Waals surface area contributed by atoms with Crippen LogP contribution in [0.2, 0.25) is 0 Å². The molecule has 1 unspecified atom stereocenters. The molecule has 2 aromatic rings. The van der Waals surface area contributed by atoms with E-state index in [0.717, 1.165) is 40.0 Å². The highest BCUT2D eigenvalue weighted by Gasteiger charge is 2.33. The molecule has 0 spiro atoms. The third-order valence-corrected chi connectivity index (χ3v) is 7.59. The molecule has 3 aliphatic heterocycles. The summed E-state index contributed by atoms with van der Waals surface area (Å²) in [6, 6.07) is 11.0. The van der Waals surface area contributed by atoms with E-state index >= 15 is 0 Å². The maximum absolute atomic E-state index is 13.3. The third-order valence-electron chi connectivity index (χ3n) is 7.59. The van der Waals surface area contributed by atoms with Crippen LogP contribution in [0.15, 0.2) is 41.5 Å². The monoisotopic (exact) mass is 517 g/mol. The van der Waals surface area contributed by atoms with Crippen LogP contribution in [0.3, 0.4) is 0 Å². The average Bonchev–Trinajstić information content (AvgIpc) is 2.92. The smallest absolute Gasteiger partial charge is 0.322 e. The minimum absolute atomic E-state index is 0.0576. The van der Waals surface area contributed by atoms with Crippen LogP contribution < -0.4 is 16.1 Å². The summed E-state index contributed by atoms with van der Waals surface area (Å²) in [5.74, 6) is -0.146. The lowest BCUT2D eigenvalue weighted by molar-refractivity contribution is -0.130. The first-order valence-electron chi connectivity index (χ1n) is 13.1. The van der Waals surface area contributed by atoms with Gasteiger partial charge in [-0.25, -0.2) is 9.59 Å². The van der Waals surface area contributed by atoms with Gasteiger partial charge in [0.1, 0.15) is 6.04 Å². The molecule has 3 heterocycles. The molecule has 0 aliphatic carbocycles. The van der Waals surface area contributed by atoms with Gasteiger partial charge in [-0.15, -0.1) is 0 Å². The summed E-state index contributed by atoms with van der Waals surface area (Å²) in [6.07, 6.45) is 4.33. The number of nitrogens with one attached hydrogen (secondary N) is 3.